The van der Waals surface area contributed by atoms with Crippen molar-refractivity contribution < 1.29 is 9.00 Å². The van der Waals surface area contributed by atoms with Crippen LogP contribution in [0.2, 0.25) is 0 Å². The number of hydrogen-bond donors (Lipinski definition) is 0. The number of carbonyl (C=O) groups excluding carboxylic acids is 1. The van der Waals surface area contributed by atoms with Gasteiger partial charge in [0.2, 0.25) is 5.91 Å². The van der Waals surface area contributed by atoms with Crippen molar-refractivity contribution >= 4 is 16.7 Å². The second-order valence-corrected chi connectivity index (χ2v) is 6.57. The van der Waals surface area contributed by atoms with Crippen LogP contribution < -0.4 is 0 Å². The second-order valence-electron chi connectivity index (χ2n) is 5.06. The van der Waals surface area contributed by atoms with Crippen molar-refractivity contribution in [2.75, 3.05) is 24.6 Å². The Bertz CT molecular complexity index is 305. The summed E-state index contributed by atoms with van der Waals surface area (Å²) in [4.78, 5) is 13.9. The molecular weight excluding hydrogens is 234 g/mol. The molecule has 1 aliphatic rings. The summed E-state index contributed by atoms with van der Waals surface area (Å²) in [6, 6.07) is 0. The van der Waals surface area contributed by atoms with Crippen LogP contribution in [-0.4, -0.2) is 39.6 Å². The van der Waals surface area contributed by atoms with Crippen LogP contribution >= 0.6 is 0 Å². The SMILES string of the molecule is C/C=C/C[S@@](=O)CC(=O)N1C[C@@H](C)C[C@H](C)C1. The van der Waals surface area contributed by atoms with E-state index in [-0.39, 0.29) is 11.7 Å². The molecule has 1 aliphatic heterocycles. The zero-order chi connectivity index (χ0) is 12.8. The number of likely N-dealkylation sites (tertiary alicyclic amines) is 1. The zero-order valence-corrected chi connectivity index (χ0v) is 11.8. The summed E-state index contributed by atoms with van der Waals surface area (Å²) in [5.74, 6) is 1.83. The van der Waals surface area contributed by atoms with Crippen LogP contribution in [0.1, 0.15) is 27.2 Å². The molecule has 0 aliphatic carbocycles. The van der Waals surface area contributed by atoms with Crippen LogP contribution in [-0.2, 0) is 15.6 Å². The van der Waals surface area contributed by atoms with Crippen molar-refractivity contribution in [1.29, 1.82) is 0 Å². The Hall–Kier alpha value is -0.640. The molecule has 3 nitrogen and oxygen atoms in total. The maximum atomic E-state index is 12.0. The first-order valence-electron chi connectivity index (χ1n) is 6.26. The van der Waals surface area contributed by atoms with Gasteiger partial charge < -0.3 is 4.90 Å². The summed E-state index contributed by atoms with van der Waals surface area (Å²) < 4.78 is 11.6. The van der Waals surface area contributed by atoms with Gasteiger partial charge in [0.1, 0.15) is 5.75 Å². The molecule has 0 aromatic rings. The van der Waals surface area contributed by atoms with Gasteiger partial charge in [-0.25, -0.2) is 0 Å². The lowest BCUT2D eigenvalue weighted by atomic mass is 9.92. The Morgan fingerprint density at radius 1 is 1.35 bits per heavy atom. The van der Waals surface area contributed by atoms with Crippen molar-refractivity contribution in [2.24, 2.45) is 11.8 Å². The first kappa shape index (κ1) is 14.4. The molecule has 0 radical (unpaired) electrons. The van der Waals surface area contributed by atoms with Crippen LogP contribution in [0.5, 0.6) is 0 Å². The van der Waals surface area contributed by atoms with Crippen LogP contribution in [0.3, 0.4) is 0 Å². The molecule has 4 heteroatoms. The molecule has 1 rings (SSSR count). The summed E-state index contributed by atoms with van der Waals surface area (Å²) in [7, 11) is -1.05. The minimum absolute atomic E-state index is 0.0474. The molecule has 1 fully saturated rings. The molecule has 1 heterocycles. The maximum Gasteiger partial charge on any atom is 0.235 e. The Kier molecular flexibility index (Phi) is 5.89. The van der Waals surface area contributed by atoms with E-state index >= 15 is 0 Å². The molecule has 0 unspecified atom stereocenters. The van der Waals surface area contributed by atoms with Gasteiger partial charge in [-0.2, -0.15) is 0 Å². The van der Waals surface area contributed by atoms with Gasteiger partial charge in [0, 0.05) is 29.6 Å². The lowest BCUT2D eigenvalue weighted by molar-refractivity contribution is -0.131. The number of nitrogens with zero attached hydrogens (tertiary/aromatic N) is 1. The molecule has 98 valence electrons. The van der Waals surface area contributed by atoms with Gasteiger partial charge in [-0.1, -0.05) is 26.0 Å². The number of hydrogen-bond acceptors (Lipinski definition) is 2. The third kappa shape index (κ3) is 5.02. The van der Waals surface area contributed by atoms with Crippen molar-refractivity contribution in [2.45, 2.75) is 27.2 Å². The van der Waals surface area contributed by atoms with Gasteiger partial charge in [0.05, 0.1) is 0 Å². The lowest BCUT2D eigenvalue weighted by Gasteiger charge is -2.34. The molecule has 0 spiro atoms. The van der Waals surface area contributed by atoms with Crippen LogP contribution in [0.25, 0.3) is 0 Å². The topological polar surface area (TPSA) is 37.4 Å². The highest BCUT2D eigenvalue weighted by molar-refractivity contribution is 7.85. The maximum absolute atomic E-state index is 12.0. The monoisotopic (exact) mass is 257 g/mol. The average molecular weight is 257 g/mol. The molecule has 0 bridgehead atoms. The van der Waals surface area contributed by atoms with Crippen LogP contribution in [0.15, 0.2) is 12.2 Å². The third-order valence-electron chi connectivity index (χ3n) is 3.02. The third-order valence-corrected chi connectivity index (χ3v) is 4.16. The number of rotatable bonds is 4. The predicted octanol–water partition coefficient (Wildman–Crippen LogP) is 1.82. The zero-order valence-electron chi connectivity index (χ0n) is 11.0. The summed E-state index contributed by atoms with van der Waals surface area (Å²) in [5, 5.41) is 0. The van der Waals surface area contributed by atoms with E-state index in [0.717, 1.165) is 13.1 Å². The smallest absolute Gasteiger partial charge is 0.235 e. The quantitative estimate of drug-likeness (QED) is 0.720. The van der Waals surface area contributed by atoms with E-state index in [1.807, 2.05) is 24.0 Å². The van der Waals surface area contributed by atoms with Crippen molar-refractivity contribution in [1.82, 2.24) is 4.90 Å². The standard InChI is InChI=1S/C13H23NO2S/c1-4-5-6-17(16)10-13(15)14-8-11(2)7-12(3)9-14/h4-5,11-12H,6-10H2,1-3H3/b5-4+/t11-,12-,17+/m0/s1. The summed E-state index contributed by atoms with van der Waals surface area (Å²) in [6.07, 6.45) is 4.91. The average Bonchev–Trinajstić information content (AvgIpc) is 2.25. The second kappa shape index (κ2) is 6.94. The number of allylic oxidation sites excluding steroid dienone is 1. The van der Waals surface area contributed by atoms with Gasteiger partial charge >= 0.3 is 0 Å². The first-order valence-corrected chi connectivity index (χ1v) is 7.75. The molecule has 3 atom stereocenters. The molecule has 0 saturated carbocycles. The van der Waals surface area contributed by atoms with E-state index in [1.54, 1.807) is 0 Å². The van der Waals surface area contributed by atoms with E-state index < -0.39 is 10.8 Å². The lowest BCUT2D eigenvalue weighted by Crippen LogP contribution is -2.44. The van der Waals surface area contributed by atoms with E-state index in [1.165, 1.54) is 6.42 Å². The van der Waals surface area contributed by atoms with Crippen molar-refractivity contribution in [3.8, 4) is 0 Å². The Labute approximate surface area is 107 Å². The van der Waals surface area contributed by atoms with E-state index in [9.17, 15) is 9.00 Å². The summed E-state index contributed by atoms with van der Waals surface area (Å²) >= 11 is 0. The van der Waals surface area contributed by atoms with Crippen LogP contribution in [0, 0.1) is 11.8 Å². The minimum Gasteiger partial charge on any atom is -0.341 e. The normalized spacial score (nSPS) is 27.4. The first-order chi connectivity index (χ1) is 8.02. The number of amides is 1. The molecule has 17 heavy (non-hydrogen) atoms. The molecule has 0 N–H and O–H groups in total. The fourth-order valence-electron chi connectivity index (χ4n) is 2.36. The van der Waals surface area contributed by atoms with E-state index in [2.05, 4.69) is 13.8 Å². The Balaban J connectivity index is 2.44. The fourth-order valence-corrected chi connectivity index (χ4v) is 3.34. The molecule has 1 amide bonds. The highest BCUT2D eigenvalue weighted by Crippen LogP contribution is 2.20. The van der Waals surface area contributed by atoms with Gasteiger partial charge in [-0.05, 0) is 25.2 Å². The van der Waals surface area contributed by atoms with Crippen molar-refractivity contribution in [3.05, 3.63) is 12.2 Å². The van der Waals surface area contributed by atoms with Gasteiger partial charge in [-0.3, -0.25) is 9.00 Å². The highest BCUT2D eigenvalue weighted by Gasteiger charge is 2.25. The minimum atomic E-state index is -1.05. The molecule has 0 aromatic carbocycles. The Morgan fingerprint density at radius 3 is 2.47 bits per heavy atom. The van der Waals surface area contributed by atoms with Gasteiger partial charge in [-0.15, -0.1) is 0 Å². The predicted molar refractivity (Wildman–Crippen MR) is 72.2 cm³/mol. The fraction of sp³-hybridized carbons (Fsp3) is 0.769. The number of carbonyl (C=O) groups is 1. The summed E-state index contributed by atoms with van der Waals surface area (Å²) in [6.45, 7) is 7.89. The molecular formula is C13H23NO2S. The van der Waals surface area contributed by atoms with E-state index in [0.29, 0.717) is 17.6 Å². The van der Waals surface area contributed by atoms with Gasteiger partial charge in [0.15, 0.2) is 0 Å². The largest absolute Gasteiger partial charge is 0.341 e. The molecule has 0 aromatic heterocycles. The van der Waals surface area contributed by atoms with Crippen LogP contribution in [0.4, 0.5) is 0 Å². The highest BCUT2D eigenvalue weighted by atomic mass is 32.2. The van der Waals surface area contributed by atoms with E-state index in [4.69, 9.17) is 0 Å². The van der Waals surface area contributed by atoms with Gasteiger partial charge in [0.25, 0.3) is 0 Å². The number of piperidine rings is 1. The summed E-state index contributed by atoms with van der Waals surface area (Å²) in [5.41, 5.74) is 0. The molecule has 1 saturated heterocycles. The Morgan fingerprint density at radius 2 is 1.94 bits per heavy atom. The van der Waals surface area contributed by atoms with Crippen molar-refractivity contribution in [3.63, 3.8) is 0 Å².